The Balaban J connectivity index is 2.03. The van der Waals surface area contributed by atoms with Gasteiger partial charge < -0.3 is 10.2 Å². The molecule has 1 saturated carbocycles. The van der Waals surface area contributed by atoms with Crippen LogP contribution in [0.1, 0.15) is 52.4 Å². The van der Waals surface area contributed by atoms with E-state index in [0.29, 0.717) is 0 Å². The molecule has 0 aromatic rings. The molecule has 2 aliphatic rings. The summed E-state index contributed by atoms with van der Waals surface area (Å²) in [5, 5.41) is 3.77. The Labute approximate surface area is 126 Å². The van der Waals surface area contributed by atoms with Crippen LogP contribution in [0.25, 0.3) is 0 Å². The number of hydrogen-bond donors (Lipinski definition) is 1. The first-order valence-electron chi connectivity index (χ1n) is 8.79. The van der Waals surface area contributed by atoms with Gasteiger partial charge in [0.25, 0.3) is 0 Å². The minimum atomic E-state index is 0.727. The lowest BCUT2D eigenvalue weighted by Gasteiger charge is -2.44. The van der Waals surface area contributed by atoms with E-state index in [1.807, 2.05) is 0 Å². The molecule has 1 heterocycles. The van der Waals surface area contributed by atoms with Crippen molar-refractivity contribution in [3.63, 3.8) is 0 Å². The third kappa shape index (κ3) is 3.96. The van der Waals surface area contributed by atoms with Crippen LogP contribution in [0, 0.1) is 5.92 Å². The van der Waals surface area contributed by atoms with E-state index in [1.165, 1.54) is 51.6 Å². The highest BCUT2D eigenvalue weighted by molar-refractivity contribution is 4.95. The van der Waals surface area contributed by atoms with Crippen molar-refractivity contribution in [3.8, 4) is 0 Å². The van der Waals surface area contributed by atoms with Gasteiger partial charge in [-0.1, -0.05) is 20.3 Å². The Morgan fingerprint density at radius 1 is 1.15 bits per heavy atom. The zero-order valence-electron chi connectivity index (χ0n) is 14.1. The first-order valence-corrected chi connectivity index (χ1v) is 8.79. The summed E-state index contributed by atoms with van der Waals surface area (Å²) in [6, 6.07) is 2.29. The van der Waals surface area contributed by atoms with E-state index >= 15 is 0 Å². The summed E-state index contributed by atoms with van der Waals surface area (Å²) in [5.41, 5.74) is 0. The third-order valence-electron chi connectivity index (χ3n) is 5.39. The fraction of sp³-hybridized carbons (Fsp3) is 1.00. The monoisotopic (exact) mass is 281 g/mol. The van der Waals surface area contributed by atoms with Gasteiger partial charge in [-0.3, -0.25) is 4.90 Å². The molecule has 1 saturated heterocycles. The Bertz CT molecular complexity index is 279. The smallest absolute Gasteiger partial charge is 0.0255 e. The van der Waals surface area contributed by atoms with Crippen LogP contribution in [0.5, 0.6) is 0 Å². The van der Waals surface area contributed by atoms with Gasteiger partial charge in [0, 0.05) is 24.7 Å². The summed E-state index contributed by atoms with van der Waals surface area (Å²) in [7, 11) is 4.43. The van der Waals surface area contributed by atoms with Crippen molar-refractivity contribution in [2.45, 2.75) is 70.5 Å². The molecule has 4 unspecified atom stereocenters. The Morgan fingerprint density at radius 2 is 1.95 bits per heavy atom. The van der Waals surface area contributed by atoms with Gasteiger partial charge >= 0.3 is 0 Å². The largest absolute Gasteiger partial charge is 0.313 e. The molecular formula is C17H35N3. The van der Waals surface area contributed by atoms with E-state index in [9.17, 15) is 0 Å². The van der Waals surface area contributed by atoms with Crippen LogP contribution in [-0.2, 0) is 0 Å². The van der Waals surface area contributed by atoms with Crippen molar-refractivity contribution in [1.82, 2.24) is 15.1 Å². The molecule has 2 fully saturated rings. The lowest BCUT2D eigenvalue weighted by molar-refractivity contribution is 0.0755. The van der Waals surface area contributed by atoms with Gasteiger partial charge in [-0.2, -0.15) is 0 Å². The molecule has 2 rings (SSSR count). The Morgan fingerprint density at radius 3 is 2.60 bits per heavy atom. The zero-order valence-corrected chi connectivity index (χ0v) is 14.1. The van der Waals surface area contributed by atoms with Gasteiger partial charge in [0.2, 0.25) is 0 Å². The maximum Gasteiger partial charge on any atom is 0.0255 e. The van der Waals surface area contributed by atoms with E-state index < -0.39 is 0 Å². The molecule has 1 aliphatic carbocycles. The van der Waals surface area contributed by atoms with Crippen LogP contribution in [0.2, 0.25) is 0 Å². The minimum Gasteiger partial charge on any atom is -0.313 e. The summed E-state index contributed by atoms with van der Waals surface area (Å²) in [6.45, 7) is 8.29. The molecule has 20 heavy (non-hydrogen) atoms. The van der Waals surface area contributed by atoms with Crippen LogP contribution >= 0.6 is 0 Å². The Hall–Kier alpha value is -0.120. The summed E-state index contributed by atoms with van der Waals surface area (Å²) >= 11 is 0. The van der Waals surface area contributed by atoms with Gasteiger partial charge in [-0.25, -0.2) is 0 Å². The fourth-order valence-corrected chi connectivity index (χ4v) is 4.38. The standard InChI is InChI=1S/C17H35N3/c1-5-14-9-10-16(18-6-2)17(12-14)20-11-7-8-15(20)13-19(3)4/h14-18H,5-13H2,1-4H3. The normalized spacial score (nSPS) is 35.9. The van der Waals surface area contributed by atoms with E-state index in [2.05, 4.69) is 43.1 Å². The molecule has 3 heteroatoms. The fourth-order valence-electron chi connectivity index (χ4n) is 4.38. The number of nitrogens with one attached hydrogen (secondary N) is 1. The van der Waals surface area contributed by atoms with Crippen LogP contribution in [0.4, 0.5) is 0 Å². The van der Waals surface area contributed by atoms with E-state index in [0.717, 1.165) is 30.6 Å². The summed E-state index contributed by atoms with van der Waals surface area (Å²) < 4.78 is 0. The van der Waals surface area contributed by atoms with Crippen molar-refractivity contribution in [3.05, 3.63) is 0 Å². The SMILES string of the molecule is CCNC1CCC(CC)CC1N1CCCC1CN(C)C. The number of hydrogen-bond acceptors (Lipinski definition) is 3. The third-order valence-corrected chi connectivity index (χ3v) is 5.39. The first kappa shape index (κ1) is 16.3. The molecular weight excluding hydrogens is 246 g/mol. The van der Waals surface area contributed by atoms with Crippen LogP contribution in [0.3, 0.4) is 0 Å². The van der Waals surface area contributed by atoms with E-state index in [1.54, 1.807) is 0 Å². The number of likely N-dealkylation sites (tertiary alicyclic amines) is 1. The van der Waals surface area contributed by atoms with Crippen LogP contribution in [-0.4, -0.2) is 61.7 Å². The van der Waals surface area contributed by atoms with E-state index in [4.69, 9.17) is 0 Å². The molecule has 1 aliphatic heterocycles. The molecule has 0 radical (unpaired) electrons. The second kappa shape index (κ2) is 7.77. The predicted octanol–water partition coefficient (Wildman–Crippen LogP) is 2.57. The van der Waals surface area contributed by atoms with Gasteiger partial charge in [0.1, 0.15) is 0 Å². The molecule has 118 valence electrons. The molecule has 0 aromatic heterocycles. The molecule has 1 N–H and O–H groups in total. The molecule has 0 aromatic carbocycles. The average Bonchev–Trinajstić information content (AvgIpc) is 2.86. The maximum atomic E-state index is 3.77. The van der Waals surface area contributed by atoms with Gasteiger partial charge in [0.05, 0.1) is 0 Å². The van der Waals surface area contributed by atoms with Crippen LogP contribution in [0.15, 0.2) is 0 Å². The number of rotatable bonds is 6. The van der Waals surface area contributed by atoms with Crippen molar-refractivity contribution < 1.29 is 0 Å². The number of likely N-dealkylation sites (N-methyl/N-ethyl adjacent to an activating group) is 2. The molecule has 4 atom stereocenters. The van der Waals surface area contributed by atoms with Gasteiger partial charge in [-0.05, 0) is 65.2 Å². The average molecular weight is 281 g/mol. The summed E-state index contributed by atoms with van der Waals surface area (Å²) in [6.07, 6.45) is 8.37. The molecule has 3 nitrogen and oxygen atoms in total. The lowest BCUT2D eigenvalue weighted by atomic mass is 9.80. The summed E-state index contributed by atoms with van der Waals surface area (Å²) in [4.78, 5) is 5.22. The second-order valence-electron chi connectivity index (χ2n) is 7.11. The zero-order chi connectivity index (χ0) is 14.5. The lowest BCUT2D eigenvalue weighted by Crippen LogP contribution is -2.55. The topological polar surface area (TPSA) is 18.5 Å². The first-order chi connectivity index (χ1) is 9.65. The van der Waals surface area contributed by atoms with Crippen LogP contribution < -0.4 is 5.32 Å². The van der Waals surface area contributed by atoms with Crippen molar-refractivity contribution in [2.75, 3.05) is 33.7 Å². The van der Waals surface area contributed by atoms with E-state index in [-0.39, 0.29) is 0 Å². The van der Waals surface area contributed by atoms with Crippen molar-refractivity contribution in [2.24, 2.45) is 5.92 Å². The van der Waals surface area contributed by atoms with Gasteiger partial charge in [-0.15, -0.1) is 0 Å². The quantitative estimate of drug-likeness (QED) is 0.807. The van der Waals surface area contributed by atoms with Gasteiger partial charge in [0.15, 0.2) is 0 Å². The number of nitrogens with zero attached hydrogens (tertiary/aromatic N) is 2. The highest BCUT2D eigenvalue weighted by Crippen LogP contribution is 2.34. The molecule has 0 amide bonds. The Kier molecular flexibility index (Phi) is 6.31. The summed E-state index contributed by atoms with van der Waals surface area (Å²) in [5.74, 6) is 0.954. The molecule has 0 spiro atoms. The molecule has 0 bridgehead atoms. The highest BCUT2D eigenvalue weighted by Gasteiger charge is 2.38. The maximum absolute atomic E-state index is 3.77. The highest BCUT2D eigenvalue weighted by atomic mass is 15.3. The van der Waals surface area contributed by atoms with Crippen molar-refractivity contribution >= 4 is 0 Å². The predicted molar refractivity (Wildman–Crippen MR) is 87.2 cm³/mol. The van der Waals surface area contributed by atoms with Crippen molar-refractivity contribution in [1.29, 1.82) is 0 Å². The second-order valence-corrected chi connectivity index (χ2v) is 7.11. The minimum absolute atomic E-state index is 0.727.